The summed E-state index contributed by atoms with van der Waals surface area (Å²) in [5.41, 5.74) is 2.43. The van der Waals surface area contributed by atoms with Crippen molar-refractivity contribution in [1.29, 1.82) is 0 Å². The van der Waals surface area contributed by atoms with E-state index in [0.717, 1.165) is 35.9 Å². The first-order valence-corrected chi connectivity index (χ1v) is 10.0. The van der Waals surface area contributed by atoms with E-state index in [-0.39, 0.29) is 11.3 Å². The van der Waals surface area contributed by atoms with E-state index >= 15 is 0 Å². The standard InChI is InChI=1S/C23H28N4O2/c1-23(2,3)22-24-20(19-7-5-6-12-27(19)22)21(28)26-15-13-25(14-16-26)17-8-10-18(29-4)11-9-17/h5-12H,13-16H2,1-4H3. The number of benzene rings is 1. The van der Waals surface area contributed by atoms with Crippen LogP contribution in [0, 0.1) is 0 Å². The van der Waals surface area contributed by atoms with Gasteiger partial charge < -0.3 is 18.9 Å². The van der Waals surface area contributed by atoms with Gasteiger partial charge in [-0.25, -0.2) is 4.98 Å². The molecular formula is C23H28N4O2. The summed E-state index contributed by atoms with van der Waals surface area (Å²) >= 11 is 0. The molecule has 0 radical (unpaired) electrons. The van der Waals surface area contributed by atoms with Gasteiger partial charge in [0.2, 0.25) is 0 Å². The molecule has 1 fully saturated rings. The number of pyridine rings is 1. The molecule has 0 atom stereocenters. The monoisotopic (exact) mass is 392 g/mol. The summed E-state index contributed by atoms with van der Waals surface area (Å²) in [5, 5.41) is 0. The van der Waals surface area contributed by atoms with Crippen molar-refractivity contribution in [2.45, 2.75) is 26.2 Å². The first-order valence-electron chi connectivity index (χ1n) is 10.0. The molecule has 29 heavy (non-hydrogen) atoms. The Labute approximate surface area is 171 Å². The van der Waals surface area contributed by atoms with E-state index in [1.165, 1.54) is 0 Å². The van der Waals surface area contributed by atoms with Crippen LogP contribution >= 0.6 is 0 Å². The Morgan fingerprint density at radius 2 is 1.69 bits per heavy atom. The minimum Gasteiger partial charge on any atom is -0.497 e. The van der Waals surface area contributed by atoms with Crippen molar-refractivity contribution in [2.24, 2.45) is 0 Å². The van der Waals surface area contributed by atoms with Crippen molar-refractivity contribution in [2.75, 3.05) is 38.2 Å². The van der Waals surface area contributed by atoms with Crippen LogP contribution in [-0.2, 0) is 5.41 Å². The number of ether oxygens (including phenoxy) is 1. The van der Waals surface area contributed by atoms with E-state index in [1.807, 2.05) is 45.8 Å². The Morgan fingerprint density at radius 3 is 2.31 bits per heavy atom. The first kappa shape index (κ1) is 19.3. The second-order valence-corrected chi connectivity index (χ2v) is 8.47. The molecule has 6 nitrogen and oxygen atoms in total. The van der Waals surface area contributed by atoms with E-state index in [1.54, 1.807) is 7.11 Å². The zero-order chi connectivity index (χ0) is 20.6. The third-order valence-corrected chi connectivity index (χ3v) is 5.43. The number of piperazine rings is 1. The van der Waals surface area contributed by atoms with Crippen LogP contribution in [0.4, 0.5) is 5.69 Å². The van der Waals surface area contributed by atoms with Gasteiger partial charge in [-0.2, -0.15) is 0 Å². The van der Waals surface area contributed by atoms with Gasteiger partial charge in [-0.15, -0.1) is 0 Å². The quantitative estimate of drug-likeness (QED) is 0.683. The minimum absolute atomic E-state index is 0.0126. The topological polar surface area (TPSA) is 50.1 Å². The van der Waals surface area contributed by atoms with Crippen molar-refractivity contribution >= 4 is 17.1 Å². The molecule has 3 aromatic rings. The lowest BCUT2D eigenvalue weighted by Crippen LogP contribution is -2.49. The lowest BCUT2D eigenvalue weighted by Gasteiger charge is -2.36. The van der Waals surface area contributed by atoms with E-state index in [9.17, 15) is 4.79 Å². The molecule has 0 saturated carbocycles. The van der Waals surface area contributed by atoms with Gasteiger partial charge in [0.15, 0.2) is 5.69 Å². The van der Waals surface area contributed by atoms with Gasteiger partial charge in [-0.1, -0.05) is 26.8 Å². The molecule has 0 aliphatic carbocycles. The highest BCUT2D eigenvalue weighted by molar-refractivity contribution is 5.99. The van der Waals surface area contributed by atoms with E-state index < -0.39 is 0 Å². The molecule has 4 rings (SSSR count). The number of imidazole rings is 1. The summed E-state index contributed by atoms with van der Waals surface area (Å²) < 4.78 is 7.28. The predicted molar refractivity (Wildman–Crippen MR) is 115 cm³/mol. The van der Waals surface area contributed by atoms with Gasteiger partial charge in [-0.05, 0) is 36.4 Å². The van der Waals surface area contributed by atoms with Crippen LogP contribution in [0.3, 0.4) is 0 Å². The van der Waals surface area contributed by atoms with Crippen LogP contribution in [0.25, 0.3) is 5.52 Å². The summed E-state index contributed by atoms with van der Waals surface area (Å²) in [5.74, 6) is 1.77. The molecule has 0 N–H and O–H groups in total. The number of anilines is 1. The molecule has 0 spiro atoms. The number of hydrogen-bond donors (Lipinski definition) is 0. The summed E-state index contributed by atoms with van der Waals surface area (Å²) in [4.78, 5) is 22.3. The molecule has 3 heterocycles. The van der Waals surface area contributed by atoms with Crippen LogP contribution in [0.15, 0.2) is 48.7 Å². The highest BCUT2D eigenvalue weighted by Crippen LogP contribution is 2.26. The van der Waals surface area contributed by atoms with Crippen LogP contribution in [0.1, 0.15) is 37.1 Å². The molecule has 1 aliphatic rings. The third kappa shape index (κ3) is 3.67. The molecule has 0 bridgehead atoms. The Bertz CT molecular complexity index is 1010. The molecule has 2 aromatic heterocycles. The van der Waals surface area contributed by atoms with Gasteiger partial charge in [0, 0.05) is 43.5 Å². The second kappa shape index (κ2) is 7.43. The molecule has 6 heteroatoms. The first-order chi connectivity index (χ1) is 13.9. The van der Waals surface area contributed by atoms with E-state index in [2.05, 4.69) is 37.8 Å². The third-order valence-electron chi connectivity index (χ3n) is 5.43. The summed E-state index contributed by atoms with van der Waals surface area (Å²) in [6, 6.07) is 14.0. The molecule has 1 aliphatic heterocycles. The van der Waals surface area contributed by atoms with Crippen molar-refractivity contribution < 1.29 is 9.53 Å². The molecule has 1 amide bonds. The predicted octanol–water partition coefficient (Wildman–Crippen LogP) is 3.60. The zero-order valence-corrected chi connectivity index (χ0v) is 17.6. The Balaban J connectivity index is 1.53. The number of carbonyl (C=O) groups excluding carboxylic acids is 1. The minimum atomic E-state index is -0.143. The maximum atomic E-state index is 13.3. The Morgan fingerprint density at radius 1 is 1.00 bits per heavy atom. The smallest absolute Gasteiger partial charge is 0.274 e. The average Bonchev–Trinajstić information content (AvgIpc) is 3.14. The summed E-state index contributed by atoms with van der Waals surface area (Å²) in [6.07, 6.45) is 1.99. The largest absolute Gasteiger partial charge is 0.497 e. The fourth-order valence-corrected chi connectivity index (χ4v) is 3.83. The lowest BCUT2D eigenvalue weighted by molar-refractivity contribution is 0.0743. The molecule has 152 valence electrons. The van der Waals surface area contributed by atoms with Crippen LogP contribution in [-0.4, -0.2) is 53.5 Å². The molecular weight excluding hydrogens is 364 g/mol. The van der Waals surface area contributed by atoms with Gasteiger partial charge in [0.1, 0.15) is 11.6 Å². The van der Waals surface area contributed by atoms with Crippen LogP contribution < -0.4 is 9.64 Å². The van der Waals surface area contributed by atoms with Gasteiger partial charge in [0.25, 0.3) is 5.91 Å². The average molecular weight is 393 g/mol. The highest BCUT2D eigenvalue weighted by atomic mass is 16.5. The van der Waals surface area contributed by atoms with Gasteiger partial charge in [-0.3, -0.25) is 4.79 Å². The number of hydrogen-bond acceptors (Lipinski definition) is 4. The Hall–Kier alpha value is -3.02. The number of rotatable bonds is 3. The van der Waals surface area contributed by atoms with Crippen molar-refractivity contribution in [1.82, 2.24) is 14.3 Å². The fraction of sp³-hybridized carbons (Fsp3) is 0.391. The maximum absolute atomic E-state index is 13.3. The maximum Gasteiger partial charge on any atom is 0.274 e. The second-order valence-electron chi connectivity index (χ2n) is 8.47. The summed E-state index contributed by atoms with van der Waals surface area (Å²) in [7, 11) is 1.67. The number of nitrogens with zero attached hydrogens (tertiary/aromatic N) is 4. The van der Waals surface area contributed by atoms with Crippen molar-refractivity contribution in [3.05, 3.63) is 60.2 Å². The number of carbonyl (C=O) groups is 1. The highest BCUT2D eigenvalue weighted by Gasteiger charge is 2.29. The van der Waals surface area contributed by atoms with Crippen molar-refractivity contribution in [3.8, 4) is 5.75 Å². The SMILES string of the molecule is COc1ccc(N2CCN(C(=O)c3nc(C(C)(C)C)n4ccccc34)CC2)cc1. The van der Waals surface area contributed by atoms with Crippen molar-refractivity contribution in [3.63, 3.8) is 0 Å². The number of methoxy groups -OCH3 is 1. The zero-order valence-electron chi connectivity index (χ0n) is 17.6. The lowest BCUT2D eigenvalue weighted by atomic mass is 9.96. The number of fused-ring (bicyclic) bond motifs is 1. The van der Waals surface area contributed by atoms with Crippen LogP contribution in [0.5, 0.6) is 5.75 Å². The molecule has 0 unspecified atom stereocenters. The van der Waals surface area contributed by atoms with Crippen LogP contribution in [0.2, 0.25) is 0 Å². The van der Waals surface area contributed by atoms with E-state index in [4.69, 9.17) is 9.72 Å². The Kier molecular flexibility index (Phi) is 4.94. The molecule has 1 saturated heterocycles. The van der Waals surface area contributed by atoms with E-state index in [0.29, 0.717) is 18.8 Å². The fourth-order valence-electron chi connectivity index (χ4n) is 3.83. The van der Waals surface area contributed by atoms with Gasteiger partial charge >= 0.3 is 0 Å². The van der Waals surface area contributed by atoms with Gasteiger partial charge in [0.05, 0.1) is 12.6 Å². The number of amides is 1. The number of aromatic nitrogens is 2. The summed E-state index contributed by atoms with van der Waals surface area (Å²) in [6.45, 7) is 9.33. The normalized spacial score (nSPS) is 15.0. The molecule has 1 aromatic carbocycles.